The highest BCUT2D eigenvalue weighted by molar-refractivity contribution is 7.99. The van der Waals surface area contributed by atoms with Crippen LogP contribution >= 0.6 is 11.8 Å². The zero-order valence-electron chi connectivity index (χ0n) is 8.14. The Morgan fingerprint density at radius 3 is 3.00 bits per heavy atom. The van der Waals surface area contributed by atoms with Crippen LogP contribution < -0.4 is 11.1 Å². The van der Waals surface area contributed by atoms with Gasteiger partial charge in [-0.25, -0.2) is 9.97 Å². The number of carbonyl (C=O) groups excluding carboxylic acids is 1. The minimum atomic E-state index is -0.229. The van der Waals surface area contributed by atoms with Crippen LogP contribution in [0, 0.1) is 0 Å². The molecule has 1 aliphatic heterocycles. The lowest BCUT2D eigenvalue weighted by molar-refractivity contribution is 0.0937. The first-order valence-electron chi connectivity index (χ1n) is 4.72. The molecule has 1 fully saturated rings. The van der Waals surface area contributed by atoms with E-state index >= 15 is 0 Å². The third-order valence-electron chi connectivity index (χ3n) is 2.21. The lowest BCUT2D eigenvalue weighted by atomic mass is 10.2. The lowest BCUT2D eigenvalue weighted by Gasteiger charge is -2.10. The van der Waals surface area contributed by atoms with E-state index in [1.807, 2.05) is 11.8 Å². The van der Waals surface area contributed by atoms with Crippen molar-refractivity contribution in [2.24, 2.45) is 0 Å². The Hall–Kier alpha value is -1.30. The van der Waals surface area contributed by atoms with Crippen LogP contribution in [0.25, 0.3) is 0 Å². The summed E-state index contributed by atoms with van der Waals surface area (Å²) in [7, 11) is 0. The molecule has 1 atom stereocenters. The zero-order chi connectivity index (χ0) is 10.7. The molecule has 0 aliphatic carbocycles. The summed E-state index contributed by atoms with van der Waals surface area (Å²) in [4.78, 5) is 19.5. The van der Waals surface area contributed by atoms with Crippen LogP contribution in [0.1, 0.15) is 16.9 Å². The van der Waals surface area contributed by atoms with E-state index in [1.165, 1.54) is 12.4 Å². The number of nitrogens with one attached hydrogen (secondary N) is 1. The Labute approximate surface area is 91.9 Å². The van der Waals surface area contributed by atoms with Gasteiger partial charge in [0.05, 0.1) is 0 Å². The van der Waals surface area contributed by atoms with Crippen molar-refractivity contribution < 1.29 is 4.79 Å². The molecule has 2 rings (SSSR count). The zero-order valence-corrected chi connectivity index (χ0v) is 8.96. The van der Waals surface area contributed by atoms with Crippen molar-refractivity contribution in [3.63, 3.8) is 0 Å². The van der Waals surface area contributed by atoms with E-state index in [4.69, 9.17) is 5.73 Å². The number of hydrogen-bond donors (Lipinski definition) is 2. The molecule has 80 valence electrons. The monoisotopic (exact) mass is 224 g/mol. The highest BCUT2D eigenvalue weighted by atomic mass is 32.2. The fourth-order valence-electron chi connectivity index (χ4n) is 1.43. The molecule has 5 nitrogen and oxygen atoms in total. The predicted molar refractivity (Wildman–Crippen MR) is 59.6 cm³/mol. The molecule has 0 saturated carbocycles. The Bertz CT molecular complexity index is 365. The summed E-state index contributed by atoms with van der Waals surface area (Å²) in [6.45, 7) is 0. The van der Waals surface area contributed by atoms with E-state index in [2.05, 4.69) is 15.3 Å². The van der Waals surface area contributed by atoms with Crippen molar-refractivity contribution in [3.05, 3.63) is 18.1 Å². The van der Waals surface area contributed by atoms with Crippen LogP contribution in [0.5, 0.6) is 0 Å². The van der Waals surface area contributed by atoms with Gasteiger partial charge in [-0.2, -0.15) is 11.8 Å². The van der Waals surface area contributed by atoms with E-state index in [0.717, 1.165) is 17.9 Å². The van der Waals surface area contributed by atoms with Gasteiger partial charge in [0, 0.05) is 24.2 Å². The first-order valence-corrected chi connectivity index (χ1v) is 5.88. The van der Waals surface area contributed by atoms with Crippen molar-refractivity contribution in [2.75, 3.05) is 17.2 Å². The standard InChI is InChI=1S/C9H12N4OS/c10-8-7(11-2-3-12-8)9(14)13-6-1-4-15-5-6/h2-3,6H,1,4-5H2,(H2,10,12)(H,13,14). The van der Waals surface area contributed by atoms with Crippen LogP contribution in [0.2, 0.25) is 0 Å². The van der Waals surface area contributed by atoms with E-state index in [0.29, 0.717) is 0 Å². The van der Waals surface area contributed by atoms with E-state index in [9.17, 15) is 4.79 Å². The first-order chi connectivity index (χ1) is 7.27. The number of rotatable bonds is 2. The molecule has 2 heterocycles. The van der Waals surface area contributed by atoms with Gasteiger partial charge in [-0.1, -0.05) is 0 Å². The average Bonchev–Trinajstić information content (AvgIpc) is 2.71. The molecule has 1 aliphatic rings. The molecular formula is C9H12N4OS. The molecule has 1 aromatic heterocycles. The Morgan fingerprint density at radius 1 is 1.53 bits per heavy atom. The van der Waals surface area contributed by atoms with Gasteiger partial charge in [-0.15, -0.1) is 0 Å². The predicted octanol–water partition coefficient (Wildman–Crippen LogP) is 0.294. The number of nitrogen functional groups attached to an aromatic ring is 1. The van der Waals surface area contributed by atoms with E-state index in [1.54, 1.807) is 0 Å². The summed E-state index contributed by atoms with van der Waals surface area (Å²) in [5.41, 5.74) is 5.77. The number of amides is 1. The fraction of sp³-hybridized carbons (Fsp3) is 0.444. The second-order valence-corrected chi connectivity index (χ2v) is 4.47. The number of nitrogens with two attached hydrogens (primary N) is 1. The minimum Gasteiger partial charge on any atom is -0.382 e. The van der Waals surface area contributed by atoms with Crippen molar-refractivity contribution in [1.29, 1.82) is 0 Å². The Balaban J connectivity index is 2.04. The number of carbonyl (C=O) groups is 1. The molecule has 0 radical (unpaired) electrons. The van der Waals surface area contributed by atoms with Crippen molar-refractivity contribution in [1.82, 2.24) is 15.3 Å². The molecule has 3 N–H and O–H groups in total. The normalized spacial score (nSPS) is 20.1. The maximum Gasteiger partial charge on any atom is 0.273 e. The van der Waals surface area contributed by atoms with Crippen molar-refractivity contribution in [2.45, 2.75) is 12.5 Å². The number of thioether (sulfide) groups is 1. The average molecular weight is 224 g/mol. The van der Waals surface area contributed by atoms with Gasteiger partial charge in [0.25, 0.3) is 5.91 Å². The molecule has 0 spiro atoms. The number of nitrogens with zero attached hydrogens (tertiary/aromatic N) is 2. The third-order valence-corrected chi connectivity index (χ3v) is 3.37. The highest BCUT2D eigenvalue weighted by Gasteiger charge is 2.20. The van der Waals surface area contributed by atoms with Gasteiger partial charge in [-0.05, 0) is 12.2 Å². The summed E-state index contributed by atoms with van der Waals surface area (Å²) in [5, 5.41) is 2.89. The third kappa shape index (κ3) is 2.38. The molecule has 1 saturated heterocycles. The van der Waals surface area contributed by atoms with Crippen molar-refractivity contribution >= 4 is 23.5 Å². The molecule has 1 amide bonds. The molecule has 0 bridgehead atoms. The molecule has 1 aromatic rings. The van der Waals surface area contributed by atoms with Crippen molar-refractivity contribution in [3.8, 4) is 0 Å². The largest absolute Gasteiger partial charge is 0.382 e. The second kappa shape index (κ2) is 4.48. The topological polar surface area (TPSA) is 80.9 Å². The van der Waals surface area contributed by atoms with Gasteiger partial charge in [0.1, 0.15) is 0 Å². The number of anilines is 1. The molecule has 15 heavy (non-hydrogen) atoms. The Morgan fingerprint density at radius 2 is 2.33 bits per heavy atom. The second-order valence-electron chi connectivity index (χ2n) is 3.32. The number of aromatic nitrogens is 2. The fourth-order valence-corrected chi connectivity index (χ4v) is 2.58. The van der Waals surface area contributed by atoms with Gasteiger partial charge in [0.15, 0.2) is 11.5 Å². The quantitative estimate of drug-likeness (QED) is 0.755. The SMILES string of the molecule is Nc1nccnc1C(=O)NC1CCSC1. The van der Waals surface area contributed by atoms with Gasteiger partial charge in [-0.3, -0.25) is 4.79 Å². The van der Waals surface area contributed by atoms with Gasteiger partial charge >= 0.3 is 0 Å². The smallest absolute Gasteiger partial charge is 0.273 e. The lowest BCUT2D eigenvalue weighted by Crippen LogP contribution is -2.35. The summed E-state index contributed by atoms with van der Waals surface area (Å²) in [5.74, 6) is 2.01. The van der Waals surface area contributed by atoms with E-state index < -0.39 is 0 Å². The van der Waals surface area contributed by atoms with Crippen LogP contribution in [-0.4, -0.2) is 33.4 Å². The highest BCUT2D eigenvalue weighted by Crippen LogP contribution is 2.17. The van der Waals surface area contributed by atoms with Crippen LogP contribution in [0.15, 0.2) is 12.4 Å². The first kappa shape index (κ1) is 10.2. The molecular weight excluding hydrogens is 212 g/mol. The molecule has 1 unspecified atom stereocenters. The minimum absolute atomic E-state index is 0.181. The molecule has 0 aromatic carbocycles. The summed E-state index contributed by atoms with van der Waals surface area (Å²) in [6.07, 6.45) is 3.95. The molecule has 6 heteroatoms. The summed E-state index contributed by atoms with van der Waals surface area (Å²) >= 11 is 1.84. The van der Waals surface area contributed by atoms with Crippen LogP contribution in [-0.2, 0) is 0 Å². The van der Waals surface area contributed by atoms with Gasteiger partial charge < -0.3 is 11.1 Å². The Kier molecular flexibility index (Phi) is 3.05. The number of hydrogen-bond acceptors (Lipinski definition) is 5. The maximum atomic E-state index is 11.7. The maximum absolute atomic E-state index is 11.7. The van der Waals surface area contributed by atoms with Gasteiger partial charge in [0.2, 0.25) is 0 Å². The van der Waals surface area contributed by atoms with Crippen LogP contribution in [0.3, 0.4) is 0 Å². The summed E-state index contributed by atoms with van der Waals surface area (Å²) < 4.78 is 0. The summed E-state index contributed by atoms with van der Waals surface area (Å²) in [6, 6.07) is 0.240. The van der Waals surface area contributed by atoms with Crippen LogP contribution in [0.4, 0.5) is 5.82 Å². The van der Waals surface area contributed by atoms with E-state index in [-0.39, 0.29) is 23.5 Å².